The molecular weight excluding hydrogens is 302 g/mol. The first-order valence-corrected chi connectivity index (χ1v) is 6.27. The lowest BCUT2D eigenvalue weighted by Crippen LogP contribution is -2.36. The van der Waals surface area contributed by atoms with Crippen molar-refractivity contribution in [3.8, 4) is 0 Å². The Kier molecular flexibility index (Phi) is 2.62. The number of hydrogen-bond acceptors (Lipinski definition) is 3. The number of halogens is 1. The Morgan fingerprint density at radius 3 is 2.94 bits per heavy atom. The summed E-state index contributed by atoms with van der Waals surface area (Å²) in [5.74, 6) is 0.122. The number of amides is 1. The van der Waals surface area contributed by atoms with Crippen LogP contribution in [0.15, 0.2) is 26.0 Å². The molecule has 94 valence electrons. The lowest BCUT2D eigenvalue weighted by Gasteiger charge is -2.25. The average Bonchev–Trinajstić information content (AvgIpc) is 2.95. The van der Waals surface area contributed by atoms with Gasteiger partial charge in [-0.15, -0.1) is 0 Å². The number of nitrogens with one attached hydrogen (secondary N) is 2. The minimum Gasteiger partial charge on any atom is -0.444 e. The monoisotopic (exact) mass is 311 g/mol. The van der Waals surface area contributed by atoms with E-state index in [1.165, 1.54) is 0 Å². The van der Waals surface area contributed by atoms with E-state index in [1.54, 1.807) is 17.0 Å². The summed E-state index contributed by atoms with van der Waals surface area (Å²) < 4.78 is 5.76. The molecule has 0 aromatic carbocycles. The molecule has 2 N–H and O–H groups in total. The minimum absolute atomic E-state index is 0.0992. The molecule has 18 heavy (non-hydrogen) atoms. The van der Waals surface area contributed by atoms with Gasteiger partial charge >= 0.3 is 0 Å². The van der Waals surface area contributed by atoms with E-state index in [9.17, 15) is 9.59 Å². The third kappa shape index (κ3) is 1.80. The Bertz CT molecular complexity index is 655. The van der Waals surface area contributed by atoms with Gasteiger partial charge in [0.25, 0.3) is 11.5 Å². The van der Waals surface area contributed by atoms with Crippen LogP contribution < -0.4 is 5.56 Å². The summed E-state index contributed by atoms with van der Waals surface area (Å²) in [7, 11) is 0. The van der Waals surface area contributed by atoms with Crippen molar-refractivity contribution in [3.63, 3.8) is 0 Å². The second-order valence-electron chi connectivity index (χ2n) is 4.12. The average molecular weight is 312 g/mol. The quantitative estimate of drug-likeness (QED) is 0.831. The maximum Gasteiger partial charge on any atom is 0.289 e. The van der Waals surface area contributed by atoms with E-state index in [-0.39, 0.29) is 11.5 Å². The maximum atomic E-state index is 12.1. The van der Waals surface area contributed by atoms with Crippen molar-refractivity contribution in [2.24, 2.45) is 0 Å². The number of carbonyl (C=O) groups is 1. The standard InChI is InChI=1S/C11H10BrN3O3/c12-9-2-1-8(18-9)11(17)15-4-3-6-7(5-15)13-14-10(6)16/h1-2H,3-5H2,(H2,13,14,16). The highest BCUT2D eigenvalue weighted by molar-refractivity contribution is 9.10. The van der Waals surface area contributed by atoms with E-state index < -0.39 is 0 Å². The normalized spacial score (nSPS) is 14.6. The van der Waals surface area contributed by atoms with Gasteiger partial charge in [0.2, 0.25) is 0 Å². The van der Waals surface area contributed by atoms with Crippen LogP contribution in [0.2, 0.25) is 0 Å². The second-order valence-corrected chi connectivity index (χ2v) is 4.90. The first kappa shape index (κ1) is 11.3. The molecule has 1 amide bonds. The summed E-state index contributed by atoms with van der Waals surface area (Å²) in [5.41, 5.74) is 1.41. The molecule has 0 atom stereocenters. The van der Waals surface area contributed by atoms with Crippen molar-refractivity contribution in [3.05, 3.63) is 44.2 Å². The van der Waals surface area contributed by atoms with Crippen LogP contribution >= 0.6 is 15.9 Å². The van der Waals surface area contributed by atoms with E-state index in [4.69, 9.17) is 4.42 Å². The summed E-state index contributed by atoms with van der Waals surface area (Å²) in [6, 6.07) is 3.31. The third-order valence-corrected chi connectivity index (χ3v) is 3.44. The molecule has 0 saturated heterocycles. The maximum absolute atomic E-state index is 12.1. The van der Waals surface area contributed by atoms with Gasteiger partial charge in [0.15, 0.2) is 10.4 Å². The second kappa shape index (κ2) is 4.16. The first-order chi connectivity index (χ1) is 8.65. The van der Waals surface area contributed by atoms with E-state index in [0.29, 0.717) is 29.9 Å². The van der Waals surface area contributed by atoms with Crippen LogP contribution in [0.1, 0.15) is 21.8 Å². The number of hydrogen-bond donors (Lipinski definition) is 2. The molecule has 0 unspecified atom stereocenters. The minimum atomic E-state index is -0.173. The Hall–Kier alpha value is -1.76. The van der Waals surface area contributed by atoms with Gasteiger partial charge in [-0.1, -0.05) is 0 Å². The molecule has 6 nitrogen and oxygen atoms in total. The summed E-state index contributed by atoms with van der Waals surface area (Å²) in [4.78, 5) is 25.2. The number of furan rings is 1. The highest BCUT2D eigenvalue weighted by atomic mass is 79.9. The van der Waals surface area contributed by atoms with Gasteiger partial charge in [-0.2, -0.15) is 0 Å². The Balaban J connectivity index is 1.84. The van der Waals surface area contributed by atoms with Crippen LogP contribution in [0, 0.1) is 0 Å². The fourth-order valence-electron chi connectivity index (χ4n) is 2.09. The third-order valence-electron chi connectivity index (χ3n) is 3.02. The van der Waals surface area contributed by atoms with Gasteiger partial charge in [-0.25, -0.2) is 0 Å². The lowest BCUT2D eigenvalue weighted by atomic mass is 10.1. The fourth-order valence-corrected chi connectivity index (χ4v) is 2.40. The molecular formula is C11H10BrN3O3. The van der Waals surface area contributed by atoms with Crippen LogP contribution in [-0.2, 0) is 13.0 Å². The topological polar surface area (TPSA) is 82.1 Å². The van der Waals surface area contributed by atoms with Crippen molar-refractivity contribution in [1.82, 2.24) is 15.1 Å². The number of nitrogens with zero attached hydrogens (tertiary/aromatic N) is 1. The zero-order chi connectivity index (χ0) is 12.7. The molecule has 0 fully saturated rings. The number of H-pyrrole nitrogens is 2. The van der Waals surface area contributed by atoms with Crippen LogP contribution in [0.5, 0.6) is 0 Å². The number of carbonyl (C=O) groups excluding carboxylic acids is 1. The van der Waals surface area contributed by atoms with E-state index >= 15 is 0 Å². The smallest absolute Gasteiger partial charge is 0.289 e. The zero-order valence-corrected chi connectivity index (χ0v) is 10.9. The van der Waals surface area contributed by atoms with E-state index in [2.05, 4.69) is 26.1 Å². The van der Waals surface area contributed by atoms with Gasteiger partial charge < -0.3 is 14.4 Å². The summed E-state index contributed by atoms with van der Waals surface area (Å²) >= 11 is 3.16. The van der Waals surface area contributed by atoms with Crippen molar-refractivity contribution in [1.29, 1.82) is 0 Å². The molecule has 1 aliphatic heterocycles. The Labute approximate surface area is 110 Å². The van der Waals surface area contributed by atoms with Crippen molar-refractivity contribution >= 4 is 21.8 Å². The summed E-state index contributed by atoms with van der Waals surface area (Å²) in [6.07, 6.45) is 0.557. The predicted octanol–water partition coefficient (Wildman–Crippen LogP) is 1.26. The summed E-state index contributed by atoms with van der Waals surface area (Å²) in [6.45, 7) is 0.913. The van der Waals surface area contributed by atoms with Gasteiger partial charge in [0.1, 0.15) is 0 Å². The fraction of sp³-hybridized carbons (Fsp3) is 0.273. The van der Waals surface area contributed by atoms with Crippen molar-refractivity contribution < 1.29 is 9.21 Å². The Morgan fingerprint density at radius 1 is 1.39 bits per heavy atom. The molecule has 0 bridgehead atoms. The number of rotatable bonds is 1. The molecule has 0 radical (unpaired) electrons. The molecule has 7 heteroatoms. The molecule has 0 aliphatic carbocycles. The lowest BCUT2D eigenvalue weighted by molar-refractivity contribution is 0.0698. The number of aromatic nitrogens is 2. The molecule has 2 aromatic heterocycles. The highest BCUT2D eigenvalue weighted by Crippen LogP contribution is 2.19. The van der Waals surface area contributed by atoms with Crippen molar-refractivity contribution in [2.45, 2.75) is 13.0 Å². The van der Waals surface area contributed by atoms with Gasteiger partial charge in [0, 0.05) is 12.1 Å². The van der Waals surface area contributed by atoms with E-state index in [0.717, 1.165) is 11.3 Å². The molecule has 0 saturated carbocycles. The molecule has 0 spiro atoms. The van der Waals surface area contributed by atoms with Gasteiger partial charge in [-0.05, 0) is 34.5 Å². The van der Waals surface area contributed by atoms with Crippen molar-refractivity contribution in [2.75, 3.05) is 6.54 Å². The number of aromatic amines is 2. The largest absolute Gasteiger partial charge is 0.444 e. The van der Waals surface area contributed by atoms with Crippen LogP contribution in [-0.4, -0.2) is 27.5 Å². The number of fused-ring (bicyclic) bond motifs is 1. The predicted molar refractivity (Wildman–Crippen MR) is 66.3 cm³/mol. The van der Waals surface area contributed by atoms with Crippen LogP contribution in [0.4, 0.5) is 0 Å². The summed E-state index contributed by atoms with van der Waals surface area (Å²) in [5, 5.41) is 5.33. The molecule has 1 aliphatic rings. The SMILES string of the molecule is O=C(c1ccc(Br)o1)N1CCc2c([nH][nH]c2=O)C1. The van der Waals surface area contributed by atoms with Gasteiger partial charge in [0.05, 0.1) is 12.2 Å². The molecule has 3 heterocycles. The van der Waals surface area contributed by atoms with Crippen LogP contribution in [0.25, 0.3) is 0 Å². The van der Waals surface area contributed by atoms with Gasteiger partial charge in [-0.3, -0.25) is 14.7 Å². The Morgan fingerprint density at radius 2 is 2.22 bits per heavy atom. The highest BCUT2D eigenvalue weighted by Gasteiger charge is 2.26. The molecule has 2 aromatic rings. The molecule has 3 rings (SSSR count). The first-order valence-electron chi connectivity index (χ1n) is 5.48. The van der Waals surface area contributed by atoms with E-state index in [1.807, 2.05) is 0 Å². The zero-order valence-electron chi connectivity index (χ0n) is 9.33. The van der Waals surface area contributed by atoms with Crippen LogP contribution in [0.3, 0.4) is 0 Å².